The molecule has 0 radical (unpaired) electrons. The van der Waals surface area contributed by atoms with Gasteiger partial charge in [0.15, 0.2) is 0 Å². The molecule has 1 aromatic rings. The molecule has 2 rings (SSSR count). The predicted octanol–water partition coefficient (Wildman–Crippen LogP) is 1.88. The molecule has 0 aliphatic carbocycles. The van der Waals surface area contributed by atoms with Crippen molar-refractivity contribution in [2.75, 3.05) is 0 Å². The second-order valence-electron chi connectivity index (χ2n) is 4.52. The number of hydrogen-bond donors (Lipinski definition) is 1. The summed E-state index contributed by atoms with van der Waals surface area (Å²) in [6, 6.07) is 0. The van der Waals surface area contributed by atoms with Gasteiger partial charge in [-0.1, -0.05) is 26.2 Å². The van der Waals surface area contributed by atoms with Crippen molar-refractivity contribution in [2.24, 2.45) is 0 Å². The van der Waals surface area contributed by atoms with Crippen LogP contribution in [0.1, 0.15) is 44.7 Å². The lowest BCUT2D eigenvalue weighted by Crippen LogP contribution is -2.23. The molecule has 0 unspecified atom stereocenters. The van der Waals surface area contributed by atoms with Crippen LogP contribution in [0.4, 0.5) is 0 Å². The Hall–Kier alpha value is -1.19. The van der Waals surface area contributed by atoms with E-state index in [9.17, 15) is 9.90 Å². The van der Waals surface area contributed by atoms with Crippen LogP contribution in [0, 0.1) is 0 Å². The molecule has 0 bridgehead atoms. The van der Waals surface area contributed by atoms with Gasteiger partial charge in [0.2, 0.25) is 5.88 Å². The molecule has 1 aromatic heterocycles. The highest BCUT2D eigenvalue weighted by molar-refractivity contribution is 5.22. The maximum atomic E-state index is 11.9. The molecule has 0 atom stereocenters. The second-order valence-corrected chi connectivity index (χ2v) is 4.52. The van der Waals surface area contributed by atoms with Crippen LogP contribution in [-0.4, -0.2) is 14.2 Å². The summed E-state index contributed by atoms with van der Waals surface area (Å²) in [6.45, 7) is 3.59. The van der Waals surface area contributed by atoms with E-state index in [1.807, 2.05) is 0 Å². The van der Waals surface area contributed by atoms with Crippen molar-refractivity contribution in [3.05, 3.63) is 16.2 Å². The molecular weight excluding hydrogens is 204 g/mol. The van der Waals surface area contributed by atoms with E-state index in [0.717, 1.165) is 37.9 Å². The summed E-state index contributed by atoms with van der Waals surface area (Å²) < 4.78 is 3.25. The molecule has 0 aromatic carbocycles. The summed E-state index contributed by atoms with van der Waals surface area (Å²) in [7, 11) is 0. The lowest BCUT2D eigenvalue weighted by molar-refractivity contribution is 0.400. The molecule has 4 nitrogen and oxygen atoms in total. The molecule has 0 spiro atoms. The van der Waals surface area contributed by atoms with E-state index in [0.29, 0.717) is 6.54 Å². The summed E-state index contributed by atoms with van der Waals surface area (Å²) in [6.07, 6.45) is 6.31. The highest BCUT2D eigenvalue weighted by atomic mass is 16.3. The minimum Gasteiger partial charge on any atom is -0.493 e. The molecule has 16 heavy (non-hydrogen) atoms. The average molecular weight is 224 g/mol. The van der Waals surface area contributed by atoms with Crippen LogP contribution in [0.25, 0.3) is 0 Å². The van der Waals surface area contributed by atoms with Gasteiger partial charge in [-0.2, -0.15) is 0 Å². The number of rotatable bonds is 5. The minimum absolute atomic E-state index is 0.0264. The van der Waals surface area contributed by atoms with E-state index in [1.54, 1.807) is 4.57 Å². The van der Waals surface area contributed by atoms with Gasteiger partial charge in [-0.05, 0) is 19.3 Å². The van der Waals surface area contributed by atoms with E-state index in [2.05, 4.69) is 6.92 Å². The first-order valence-corrected chi connectivity index (χ1v) is 6.27. The third-order valence-electron chi connectivity index (χ3n) is 3.33. The zero-order valence-electron chi connectivity index (χ0n) is 9.91. The molecule has 0 amide bonds. The van der Waals surface area contributed by atoms with Crippen LogP contribution in [-0.2, 0) is 19.5 Å². The van der Waals surface area contributed by atoms with E-state index < -0.39 is 0 Å². The van der Waals surface area contributed by atoms with Crippen LogP contribution in [0.2, 0.25) is 0 Å². The Morgan fingerprint density at radius 1 is 1.31 bits per heavy atom. The fourth-order valence-corrected chi connectivity index (χ4v) is 2.41. The first kappa shape index (κ1) is 11.3. The molecule has 90 valence electrons. The van der Waals surface area contributed by atoms with Crippen LogP contribution in [0.15, 0.2) is 4.79 Å². The summed E-state index contributed by atoms with van der Waals surface area (Å²) in [5, 5.41) is 9.93. The van der Waals surface area contributed by atoms with Crippen LogP contribution < -0.4 is 5.69 Å². The monoisotopic (exact) mass is 224 g/mol. The van der Waals surface area contributed by atoms with Gasteiger partial charge in [-0.3, -0.25) is 9.13 Å². The van der Waals surface area contributed by atoms with Crippen LogP contribution in [0.3, 0.4) is 0 Å². The van der Waals surface area contributed by atoms with Crippen molar-refractivity contribution in [1.82, 2.24) is 9.13 Å². The maximum Gasteiger partial charge on any atom is 0.331 e. The van der Waals surface area contributed by atoms with Gasteiger partial charge in [0.25, 0.3) is 0 Å². The molecule has 0 saturated carbocycles. The molecule has 4 heteroatoms. The Labute approximate surface area is 95.5 Å². The maximum absolute atomic E-state index is 11.9. The fraction of sp³-hybridized carbons (Fsp3) is 0.750. The van der Waals surface area contributed by atoms with Crippen molar-refractivity contribution in [2.45, 2.75) is 58.5 Å². The largest absolute Gasteiger partial charge is 0.493 e. The van der Waals surface area contributed by atoms with Crippen LogP contribution in [0.5, 0.6) is 5.88 Å². The summed E-state index contributed by atoms with van der Waals surface area (Å²) in [5.41, 5.74) is 0.807. The van der Waals surface area contributed by atoms with Crippen molar-refractivity contribution in [1.29, 1.82) is 0 Å². The number of nitrogens with zero attached hydrogens (tertiary/aromatic N) is 2. The lowest BCUT2D eigenvalue weighted by atomic mass is 10.2. The number of unbranched alkanes of at least 4 members (excludes halogenated alkanes) is 3. The Morgan fingerprint density at radius 2 is 2.12 bits per heavy atom. The zero-order chi connectivity index (χ0) is 11.5. The van der Waals surface area contributed by atoms with Gasteiger partial charge >= 0.3 is 5.69 Å². The fourth-order valence-electron chi connectivity index (χ4n) is 2.41. The van der Waals surface area contributed by atoms with Crippen LogP contribution >= 0.6 is 0 Å². The third kappa shape index (κ3) is 1.88. The molecule has 1 N–H and O–H groups in total. The third-order valence-corrected chi connectivity index (χ3v) is 3.33. The lowest BCUT2D eigenvalue weighted by Gasteiger charge is -2.03. The van der Waals surface area contributed by atoms with Gasteiger partial charge in [0.1, 0.15) is 0 Å². The Balaban J connectivity index is 2.07. The number of hydrogen-bond acceptors (Lipinski definition) is 2. The molecular formula is C12H20N2O2. The van der Waals surface area contributed by atoms with E-state index >= 15 is 0 Å². The number of aromatic hydroxyl groups is 1. The van der Waals surface area contributed by atoms with Gasteiger partial charge < -0.3 is 5.11 Å². The zero-order valence-corrected chi connectivity index (χ0v) is 9.91. The van der Waals surface area contributed by atoms with E-state index in [1.165, 1.54) is 17.4 Å². The number of imidazole rings is 1. The predicted molar refractivity (Wildman–Crippen MR) is 62.8 cm³/mol. The van der Waals surface area contributed by atoms with E-state index in [-0.39, 0.29) is 11.6 Å². The average Bonchev–Trinajstić information content (AvgIpc) is 2.83. The second kappa shape index (κ2) is 4.76. The van der Waals surface area contributed by atoms with Crippen molar-refractivity contribution in [3.63, 3.8) is 0 Å². The standard InChI is InChI=1S/C12H20N2O2/c1-2-3-4-5-8-14-11(15)10-7-6-9-13(10)12(14)16/h15H,2-9H2,1H3. The Morgan fingerprint density at radius 3 is 2.81 bits per heavy atom. The topological polar surface area (TPSA) is 47.2 Å². The SMILES string of the molecule is CCCCCCn1c(O)c2n(c1=O)CCC2. The molecule has 0 saturated heterocycles. The van der Waals surface area contributed by atoms with Gasteiger partial charge in [-0.25, -0.2) is 4.79 Å². The highest BCUT2D eigenvalue weighted by Crippen LogP contribution is 2.23. The first-order chi connectivity index (χ1) is 7.75. The van der Waals surface area contributed by atoms with E-state index in [4.69, 9.17) is 0 Å². The van der Waals surface area contributed by atoms with Crippen molar-refractivity contribution >= 4 is 0 Å². The molecule has 0 fully saturated rings. The Kier molecular flexibility index (Phi) is 3.36. The van der Waals surface area contributed by atoms with Crippen molar-refractivity contribution < 1.29 is 5.11 Å². The molecule has 2 heterocycles. The summed E-state index contributed by atoms with van der Waals surface area (Å²) in [5.74, 6) is 0.207. The van der Waals surface area contributed by atoms with Gasteiger partial charge in [0.05, 0.1) is 5.69 Å². The molecule has 1 aliphatic heterocycles. The first-order valence-electron chi connectivity index (χ1n) is 6.27. The smallest absolute Gasteiger partial charge is 0.331 e. The summed E-state index contributed by atoms with van der Waals surface area (Å²) >= 11 is 0. The van der Waals surface area contributed by atoms with Crippen molar-refractivity contribution in [3.8, 4) is 5.88 Å². The quantitative estimate of drug-likeness (QED) is 0.776. The summed E-state index contributed by atoms with van der Waals surface area (Å²) in [4.78, 5) is 11.9. The number of fused-ring (bicyclic) bond motifs is 1. The number of aromatic nitrogens is 2. The Bertz CT molecular complexity index is 417. The normalized spacial score (nSPS) is 14.3. The minimum atomic E-state index is -0.0264. The molecule has 1 aliphatic rings. The van der Waals surface area contributed by atoms with Gasteiger partial charge in [0, 0.05) is 13.1 Å². The van der Waals surface area contributed by atoms with Gasteiger partial charge in [-0.15, -0.1) is 0 Å². The highest BCUT2D eigenvalue weighted by Gasteiger charge is 2.22.